The van der Waals surface area contributed by atoms with Gasteiger partial charge in [-0.05, 0) is 49.9 Å². The average Bonchev–Trinajstić information content (AvgIpc) is 3.29. The summed E-state index contributed by atoms with van der Waals surface area (Å²) in [5.74, 6) is -1.86. The molecule has 2 aromatic carbocycles. The third kappa shape index (κ3) is 5.80. The van der Waals surface area contributed by atoms with Gasteiger partial charge in [-0.3, -0.25) is 9.36 Å². The molecule has 42 heavy (non-hydrogen) atoms. The van der Waals surface area contributed by atoms with Crippen LogP contribution >= 0.6 is 0 Å². The number of hydrogen-bond donors (Lipinski definition) is 5. The molecule has 3 heterocycles. The predicted octanol–water partition coefficient (Wildman–Crippen LogP) is 2.32. The van der Waals surface area contributed by atoms with Crippen molar-refractivity contribution < 1.29 is 19.5 Å². The topological polar surface area (TPSA) is 182 Å². The second-order valence-electron chi connectivity index (χ2n) is 10.4. The molecular formula is C29H31N7O6. The third-order valence-corrected chi connectivity index (χ3v) is 7.59. The summed E-state index contributed by atoms with van der Waals surface area (Å²) in [4.78, 5) is 73.4. The SMILES string of the molecule is Cc1cccc(C)c1C(=O)Nc1nc(=O)[nH]cc1CC(NC(=O)N1CCC(n2c(=O)[nH]c3ccccc32)CC1)C(=O)O. The summed E-state index contributed by atoms with van der Waals surface area (Å²) in [6, 6.07) is 10.8. The van der Waals surface area contributed by atoms with Crippen LogP contribution in [0.3, 0.4) is 0 Å². The van der Waals surface area contributed by atoms with Gasteiger partial charge < -0.3 is 30.6 Å². The van der Waals surface area contributed by atoms with E-state index in [4.69, 9.17) is 0 Å². The summed E-state index contributed by atoms with van der Waals surface area (Å²) in [6.07, 6.45) is 2.08. The van der Waals surface area contributed by atoms with E-state index in [2.05, 4.69) is 25.6 Å². The van der Waals surface area contributed by atoms with Crippen molar-refractivity contribution in [1.29, 1.82) is 0 Å². The van der Waals surface area contributed by atoms with Gasteiger partial charge in [0.05, 0.1) is 11.0 Å². The second kappa shape index (κ2) is 11.7. The van der Waals surface area contributed by atoms with Crippen molar-refractivity contribution in [2.75, 3.05) is 18.4 Å². The number of benzene rings is 2. The number of nitrogens with zero attached hydrogens (tertiary/aromatic N) is 3. The van der Waals surface area contributed by atoms with Crippen LogP contribution in [0.2, 0.25) is 0 Å². The van der Waals surface area contributed by atoms with Crippen LogP contribution in [-0.2, 0) is 11.2 Å². The number of rotatable bonds is 7. The Morgan fingerprint density at radius 2 is 1.74 bits per heavy atom. The Morgan fingerprint density at radius 3 is 2.43 bits per heavy atom. The third-order valence-electron chi connectivity index (χ3n) is 7.59. The lowest BCUT2D eigenvalue weighted by Gasteiger charge is -2.33. The van der Waals surface area contributed by atoms with E-state index in [0.29, 0.717) is 31.5 Å². The highest BCUT2D eigenvalue weighted by molar-refractivity contribution is 6.06. The minimum Gasteiger partial charge on any atom is -0.480 e. The van der Waals surface area contributed by atoms with Crippen LogP contribution in [0.1, 0.15) is 45.9 Å². The Morgan fingerprint density at radius 1 is 1.05 bits per heavy atom. The van der Waals surface area contributed by atoms with Crippen LogP contribution < -0.4 is 22.0 Å². The number of hydrogen-bond acceptors (Lipinski definition) is 6. The monoisotopic (exact) mass is 573 g/mol. The number of aliphatic carboxylic acids is 1. The largest absolute Gasteiger partial charge is 0.480 e. The van der Waals surface area contributed by atoms with E-state index in [0.717, 1.165) is 22.2 Å². The Bertz CT molecular complexity index is 1760. The molecule has 2 aromatic heterocycles. The predicted molar refractivity (Wildman–Crippen MR) is 155 cm³/mol. The van der Waals surface area contributed by atoms with Crippen molar-refractivity contribution in [1.82, 2.24) is 29.7 Å². The van der Waals surface area contributed by atoms with Gasteiger partial charge in [0, 0.05) is 42.9 Å². The zero-order valence-electron chi connectivity index (χ0n) is 23.1. The fourth-order valence-corrected chi connectivity index (χ4v) is 5.45. The van der Waals surface area contributed by atoms with Crippen LogP contribution in [-0.4, -0.2) is 66.6 Å². The van der Waals surface area contributed by atoms with Crippen molar-refractivity contribution in [2.45, 2.75) is 45.2 Å². The highest BCUT2D eigenvalue weighted by atomic mass is 16.4. The van der Waals surface area contributed by atoms with E-state index < -0.39 is 29.6 Å². The average molecular weight is 574 g/mol. The standard InChI is InChI=1S/C29H31N7O6/c1-16-6-5-7-17(2)23(16)25(37)33-24-18(15-30-27(40)34-24)14-21(26(38)39)32-28(41)35-12-10-19(11-13-35)36-22-9-4-3-8-20(22)31-29(36)42/h3-9,15,19,21H,10-14H2,1-2H3,(H,31,42)(H,32,41)(H,38,39)(H2,30,33,34,37,40). The van der Waals surface area contributed by atoms with E-state index in [1.807, 2.05) is 30.3 Å². The molecule has 5 rings (SSSR count). The fraction of sp³-hybridized carbons (Fsp3) is 0.310. The highest BCUT2D eigenvalue weighted by Crippen LogP contribution is 2.25. The Labute approximate surface area is 239 Å². The molecular weight excluding hydrogens is 542 g/mol. The van der Waals surface area contributed by atoms with Crippen molar-refractivity contribution in [3.63, 3.8) is 0 Å². The van der Waals surface area contributed by atoms with Crippen molar-refractivity contribution in [3.8, 4) is 0 Å². The van der Waals surface area contributed by atoms with Crippen LogP contribution in [0.15, 0.2) is 58.3 Å². The van der Waals surface area contributed by atoms with Crippen LogP contribution in [0.5, 0.6) is 0 Å². The lowest BCUT2D eigenvalue weighted by molar-refractivity contribution is -0.139. The number of carboxylic acids is 1. The van der Waals surface area contributed by atoms with Gasteiger partial charge in [-0.2, -0.15) is 4.98 Å². The number of piperidine rings is 1. The molecule has 0 saturated carbocycles. The number of amides is 3. The summed E-state index contributed by atoms with van der Waals surface area (Å²) in [7, 11) is 0. The van der Waals surface area contributed by atoms with Crippen LogP contribution in [0, 0.1) is 13.8 Å². The summed E-state index contributed by atoms with van der Waals surface area (Å²) in [5.41, 5.74) is 2.73. The maximum Gasteiger partial charge on any atom is 0.346 e. The minimum atomic E-state index is -1.37. The number of nitrogens with one attached hydrogen (secondary N) is 4. The number of aromatic amines is 2. The number of likely N-dealkylation sites (tertiary alicyclic amines) is 1. The lowest BCUT2D eigenvalue weighted by atomic mass is 10.0. The molecule has 5 N–H and O–H groups in total. The zero-order valence-corrected chi connectivity index (χ0v) is 23.1. The molecule has 4 aromatic rings. The molecule has 1 unspecified atom stereocenters. The molecule has 1 atom stereocenters. The first-order valence-corrected chi connectivity index (χ1v) is 13.6. The van der Waals surface area contributed by atoms with E-state index in [-0.39, 0.29) is 29.5 Å². The number of carboxylic acid groups (broad SMARTS) is 1. The smallest absolute Gasteiger partial charge is 0.346 e. The second-order valence-corrected chi connectivity index (χ2v) is 10.4. The van der Waals surface area contributed by atoms with Gasteiger partial charge in [0.25, 0.3) is 5.91 Å². The molecule has 1 aliphatic heterocycles. The molecule has 0 radical (unpaired) electrons. The number of urea groups is 1. The molecule has 1 fully saturated rings. The lowest BCUT2D eigenvalue weighted by Crippen LogP contribution is -2.51. The molecule has 0 aliphatic carbocycles. The van der Waals surface area contributed by atoms with Gasteiger partial charge in [-0.15, -0.1) is 0 Å². The van der Waals surface area contributed by atoms with Gasteiger partial charge in [0.15, 0.2) is 0 Å². The normalized spacial score (nSPS) is 14.5. The quantitative estimate of drug-likeness (QED) is 0.225. The van der Waals surface area contributed by atoms with Crippen molar-refractivity contribution >= 4 is 34.8 Å². The van der Waals surface area contributed by atoms with Crippen molar-refractivity contribution in [3.05, 3.63) is 91.9 Å². The van der Waals surface area contributed by atoms with Crippen LogP contribution in [0.25, 0.3) is 11.0 Å². The molecule has 13 nitrogen and oxygen atoms in total. The fourth-order valence-electron chi connectivity index (χ4n) is 5.45. The maximum absolute atomic E-state index is 13.1. The number of para-hydroxylation sites is 2. The zero-order chi connectivity index (χ0) is 30.0. The number of aryl methyl sites for hydroxylation is 2. The first-order valence-electron chi connectivity index (χ1n) is 13.6. The number of anilines is 1. The molecule has 1 aliphatic rings. The Hall–Kier alpha value is -5.20. The summed E-state index contributed by atoms with van der Waals surface area (Å²) in [5, 5.41) is 15.1. The Kier molecular flexibility index (Phi) is 7.91. The number of fused-ring (bicyclic) bond motifs is 1. The van der Waals surface area contributed by atoms with Gasteiger partial charge >= 0.3 is 23.4 Å². The van der Waals surface area contributed by atoms with E-state index in [9.17, 15) is 29.1 Å². The van der Waals surface area contributed by atoms with E-state index >= 15 is 0 Å². The van der Waals surface area contributed by atoms with Gasteiger partial charge in [-0.1, -0.05) is 30.3 Å². The van der Waals surface area contributed by atoms with Crippen LogP contribution in [0.4, 0.5) is 10.6 Å². The van der Waals surface area contributed by atoms with Crippen molar-refractivity contribution in [2.24, 2.45) is 0 Å². The highest BCUT2D eigenvalue weighted by Gasteiger charge is 2.29. The number of imidazole rings is 1. The molecule has 218 valence electrons. The molecule has 0 spiro atoms. The van der Waals surface area contributed by atoms with Gasteiger partial charge in [0.1, 0.15) is 11.9 Å². The molecule has 0 bridgehead atoms. The first-order chi connectivity index (χ1) is 20.1. The molecule has 1 saturated heterocycles. The summed E-state index contributed by atoms with van der Waals surface area (Å²) < 4.78 is 1.71. The first kappa shape index (κ1) is 28.3. The number of carbonyl (C=O) groups excluding carboxylic acids is 2. The minimum absolute atomic E-state index is 0.0862. The molecule has 3 amide bonds. The maximum atomic E-state index is 13.1. The summed E-state index contributed by atoms with van der Waals surface area (Å²) >= 11 is 0. The molecule has 13 heteroatoms. The van der Waals surface area contributed by atoms with E-state index in [1.54, 1.807) is 30.5 Å². The number of aromatic nitrogens is 4. The number of H-pyrrole nitrogens is 2. The Balaban J connectivity index is 1.27. The van der Waals surface area contributed by atoms with Gasteiger partial charge in [0.2, 0.25) is 0 Å². The number of carbonyl (C=O) groups is 3. The summed E-state index contributed by atoms with van der Waals surface area (Å²) in [6.45, 7) is 4.22. The van der Waals surface area contributed by atoms with Gasteiger partial charge in [-0.25, -0.2) is 19.2 Å². The van der Waals surface area contributed by atoms with E-state index in [1.165, 1.54) is 11.1 Å².